The van der Waals surface area contributed by atoms with Crippen molar-refractivity contribution in [2.24, 2.45) is 0 Å². The van der Waals surface area contributed by atoms with Gasteiger partial charge in [0.2, 0.25) is 0 Å². The third kappa shape index (κ3) is 2.49. The van der Waals surface area contributed by atoms with Crippen LogP contribution >= 0.6 is 0 Å². The van der Waals surface area contributed by atoms with Gasteiger partial charge in [-0.1, -0.05) is 54.6 Å². The Kier molecular flexibility index (Phi) is 3.86. The van der Waals surface area contributed by atoms with Crippen LogP contribution in [0.5, 0.6) is 0 Å². The Balaban J connectivity index is 1.69. The summed E-state index contributed by atoms with van der Waals surface area (Å²) in [6, 6.07) is 18.4. The minimum atomic E-state index is -0.472. The summed E-state index contributed by atoms with van der Waals surface area (Å²) < 4.78 is 5.51. The standard InChI is InChI=1S/C18H20O2/c1-20-18(13-7-3-2-4-8-13)17(19)12-15-11-14-9-5-6-10-16(14)15/h2-10,15,17-19H,11-12H2,1H3. The van der Waals surface area contributed by atoms with Crippen molar-refractivity contribution in [3.63, 3.8) is 0 Å². The van der Waals surface area contributed by atoms with E-state index in [1.165, 1.54) is 11.1 Å². The predicted octanol–water partition coefficient (Wildman–Crippen LogP) is 3.47. The SMILES string of the molecule is COC(c1ccccc1)C(O)CC1Cc2ccccc21. The van der Waals surface area contributed by atoms with Crippen molar-refractivity contribution >= 4 is 0 Å². The first-order valence-electron chi connectivity index (χ1n) is 7.13. The lowest BCUT2D eigenvalue weighted by Gasteiger charge is -2.33. The van der Waals surface area contributed by atoms with Gasteiger partial charge in [-0.25, -0.2) is 0 Å². The molecule has 3 rings (SSSR count). The summed E-state index contributed by atoms with van der Waals surface area (Å²) in [6.45, 7) is 0. The normalized spacial score (nSPS) is 19.8. The van der Waals surface area contributed by atoms with Crippen LogP contribution in [0.1, 0.15) is 35.1 Å². The van der Waals surface area contributed by atoms with Crippen LogP contribution in [0.15, 0.2) is 54.6 Å². The Morgan fingerprint density at radius 3 is 2.50 bits per heavy atom. The van der Waals surface area contributed by atoms with Crippen molar-refractivity contribution in [2.45, 2.75) is 31.0 Å². The molecule has 2 nitrogen and oxygen atoms in total. The van der Waals surface area contributed by atoms with E-state index < -0.39 is 6.10 Å². The van der Waals surface area contributed by atoms with Crippen LogP contribution < -0.4 is 0 Å². The number of aliphatic hydroxyl groups is 1. The van der Waals surface area contributed by atoms with Gasteiger partial charge >= 0.3 is 0 Å². The second-order valence-corrected chi connectivity index (χ2v) is 5.47. The second kappa shape index (κ2) is 5.78. The van der Waals surface area contributed by atoms with E-state index in [4.69, 9.17) is 4.74 Å². The van der Waals surface area contributed by atoms with E-state index in [0.29, 0.717) is 5.92 Å². The molecule has 1 N–H and O–H groups in total. The average Bonchev–Trinajstić information content (AvgIpc) is 2.47. The van der Waals surface area contributed by atoms with Crippen LogP contribution in [0.25, 0.3) is 0 Å². The van der Waals surface area contributed by atoms with Crippen molar-refractivity contribution in [2.75, 3.05) is 7.11 Å². The van der Waals surface area contributed by atoms with Gasteiger partial charge in [0, 0.05) is 7.11 Å². The van der Waals surface area contributed by atoms with Gasteiger partial charge in [-0.05, 0) is 35.4 Å². The average molecular weight is 268 g/mol. The van der Waals surface area contributed by atoms with Crippen LogP contribution in [0.2, 0.25) is 0 Å². The maximum absolute atomic E-state index is 10.5. The molecule has 0 fully saturated rings. The zero-order valence-electron chi connectivity index (χ0n) is 11.7. The third-order valence-electron chi connectivity index (χ3n) is 4.22. The fourth-order valence-corrected chi connectivity index (χ4v) is 3.15. The number of rotatable bonds is 5. The molecule has 0 saturated heterocycles. The molecule has 1 aliphatic rings. The summed E-state index contributed by atoms with van der Waals surface area (Å²) in [5.41, 5.74) is 3.84. The first kappa shape index (κ1) is 13.3. The van der Waals surface area contributed by atoms with Crippen molar-refractivity contribution < 1.29 is 9.84 Å². The number of hydrogen-bond acceptors (Lipinski definition) is 2. The number of hydrogen-bond donors (Lipinski definition) is 1. The Morgan fingerprint density at radius 1 is 1.10 bits per heavy atom. The molecular formula is C18H20O2. The fraction of sp³-hybridized carbons (Fsp3) is 0.333. The number of aliphatic hydroxyl groups excluding tert-OH is 1. The van der Waals surface area contributed by atoms with Crippen LogP contribution in [0.3, 0.4) is 0 Å². The van der Waals surface area contributed by atoms with Gasteiger partial charge in [0.05, 0.1) is 6.10 Å². The molecule has 0 bridgehead atoms. The molecule has 2 aromatic carbocycles. The highest BCUT2D eigenvalue weighted by Gasteiger charge is 2.31. The summed E-state index contributed by atoms with van der Waals surface area (Å²) in [5, 5.41) is 10.5. The molecule has 0 amide bonds. The molecule has 0 spiro atoms. The predicted molar refractivity (Wildman–Crippen MR) is 79.7 cm³/mol. The molecule has 0 aliphatic heterocycles. The summed E-state index contributed by atoms with van der Waals surface area (Å²) in [7, 11) is 1.66. The van der Waals surface area contributed by atoms with Crippen molar-refractivity contribution in [3.8, 4) is 0 Å². The highest BCUT2D eigenvalue weighted by Crippen LogP contribution is 2.40. The molecule has 2 heteroatoms. The van der Waals surface area contributed by atoms with Crippen molar-refractivity contribution in [1.82, 2.24) is 0 Å². The summed E-state index contributed by atoms with van der Waals surface area (Å²) in [4.78, 5) is 0. The van der Waals surface area contributed by atoms with Crippen LogP contribution in [0, 0.1) is 0 Å². The highest BCUT2D eigenvalue weighted by molar-refractivity contribution is 5.40. The Hall–Kier alpha value is -1.64. The maximum Gasteiger partial charge on any atom is 0.108 e. The fourth-order valence-electron chi connectivity index (χ4n) is 3.15. The molecule has 1 aliphatic carbocycles. The molecular weight excluding hydrogens is 248 g/mol. The minimum Gasteiger partial charge on any atom is -0.390 e. The van der Waals surface area contributed by atoms with Crippen molar-refractivity contribution in [1.29, 1.82) is 0 Å². The summed E-state index contributed by atoms with van der Waals surface area (Å²) >= 11 is 0. The van der Waals surface area contributed by atoms with E-state index in [9.17, 15) is 5.11 Å². The van der Waals surface area contributed by atoms with E-state index in [1.54, 1.807) is 7.11 Å². The van der Waals surface area contributed by atoms with Crippen LogP contribution in [-0.2, 0) is 11.2 Å². The number of ether oxygens (including phenoxy) is 1. The second-order valence-electron chi connectivity index (χ2n) is 5.47. The molecule has 104 valence electrons. The Morgan fingerprint density at radius 2 is 1.80 bits per heavy atom. The molecule has 20 heavy (non-hydrogen) atoms. The first-order chi connectivity index (χ1) is 9.79. The van der Waals surface area contributed by atoms with E-state index in [-0.39, 0.29) is 6.10 Å². The van der Waals surface area contributed by atoms with Gasteiger partial charge in [0.1, 0.15) is 6.10 Å². The lowest BCUT2D eigenvalue weighted by molar-refractivity contribution is -0.0214. The molecule has 0 heterocycles. The zero-order valence-corrected chi connectivity index (χ0v) is 11.7. The van der Waals surface area contributed by atoms with Gasteiger partial charge in [-0.3, -0.25) is 0 Å². The summed E-state index contributed by atoms with van der Waals surface area (Å²) in [6.07, 6.45) is 1.10. The van der Waals surface area contributed by atoms with Gasteiger partial charge in [0.15, 0.2) is 0 Å². The van der Waals surface area contributed by atoms with Crippen LogP contribution in [0.4, 0.5) is 0 Å². The van der Waals surface area contributed by atoms with E-state index in [0.717, 1.165) is 18.4 Å². The third-order valence-corrected chi connectivity index (χ3v) is 4.22. The largest absolute Gasteiger partial charge is 0.390 e. The van der Waals surface area contributed by atoms with Gasteiger partial charge in [-0.15, -0.1) is 0 Å². The molecule has 3 atom stereocenters. The van der Waals surface area contributed by atoms with Gasteiger partial charge < -0.3 is 9.84 Å². The monoisotopic (exact) mass is 268 g/mol. The van der Waals surface area contributed by atoms with Crippen molar-refractivity contribution in [3.05, 3.63) is 71.3 Å². The maximum atomic E-state index is 10.5. The number of benzene rings is 2. The first-order valence-corrected chi connectivity index (χ1v) is 7.13. The lowest BCUT2D eigenvalue weighted by atomic mass is 9.74. The molecule has 0 aromatic heterocycles. The van der Waals surface area contributed by atoms with Crippen LogP contribution in [-0.4, -0.2) is 18.3 Å². The van der Waals surface area contributed by atoms with E-state index >= 15 is 0 Å². The Bertz CT molecular complexity index is 565. The number of fused-ring (bicyclic) bond motifs is 1. The molecule has 0 radical (unpaired) electrons. The van der Waals surface area contributed by atoms with Gasteiger partial charge in [0.25, 0.3) is 0 Å². The smallest absolute Gasteiger partial charge is 0.108 e. The highest BCUT2D eigenvalue weighted by atomic mass is 16.5. The zero-order chi connectivity index (χ0) is 13.9. The molecule has 0 saturated carbocycles. The minimum absolute atomic E-state index is 0.246. The Labute approximate surface area is 120 Å². The number of methoxy groups -OCH3 is 1. The van der Waals surface area contributed by atoms with E-state index in [1.807, 2.05) is 30.3 Å². The molecule has 2 aromatic rings. The van der Waals surface area contributed by atoms with E-state index in [2.05, 4.69) is 24.3 Å². The quantitative estimate of drug-likeness (QED) is 0.899. The topological polar surface area (TPSA) is 29.5 Å². The lowest BCUT2D eigenvalue weighted by Crippen LogP contribution is -2.27. The van der Waals surface area contributed by atoms with Gasteiger partial charge in [-0.2, -0.15) is 0 Å². The summed E-state index contributed by atoms with van der Waals surface area (Å²) in [5.74, 6) is 0.461. The molecule has 3 unspecified atom stereocenters.